The lowest BCUT2D eigenvalue weighted by Crippen LogP contribution is -2.30. The zero-order chi connectivity index (χ0) is 20.7. The molecule has 1 aromatic heterocycles. The van der Waals surface area contributed by atoms with E-state index in [1.165, 1.54) is 11.8 Å². The summed E-state index contributed by atoms with van der Waals surface area (Å²) in [6.45, 7) is 7.10. The maximum absolute atomic E-state index is 12.4. The van der Waals surface area contributed by atoms with Gasteiger partial charge in [0.25, 0.3) is 0 Å². The fourth-order valence-electron chi connectivity index (χ4n) is 2.14. The Morgan fingerprint density at radius 2 is 1.86 bits per heavy atom. The lowest BCUT2D eigenvalue weighted by molar-refractivity contribution is -0.129. The summed E-state index contributed by atoms with van der Waals surface area (Å²) in [6, 6.07) is 10.4. The van der Waals surface area contributed by atoms with Crippen LogP contribution < -0.4 is 5.32 Å². The number of Topliss-reactive ketones (excluding diaryl/α,β-unsaturated/α-hetero) is 1. The number of esters is 1. The molecule has 2 rings (SSSR count). The molecule has 1 atom stereocenters. The van der Waals surface area contributed by atoms with Gasteiger partial charge in [0.1, 0.15) is 5.76 Å². The van der Waals surface area contributed by atoms with E-state index < -0.39 is 16.6 Å². The van der Waals surface area contributed by atoms with E-state index in [1.807, 2.05) is 0 Å². The number of carbonyl (C=O) groups is 3. The molecule has 0 aliphatic heterocycles. The first-order valence-electron chi connectivity index (χ1n) is 8.94. The second-order valence-electron chi connectivity index (χ2n) is 7.30. The van der Waals surface area contributed by atoms with Crippen molar-refractivity contribution >= 4 is 29.4 Å². The predicted octanol–water partition coefficient (Wildman–Crippen LogP) is 3.85. The molecule has 28 heavy (non-hydrogen) atoms. The maximum atomic E-state index is 12.4. The van der Waals surface area contributed by atoms with E-state index in [1.54, 1.807) is 70.4 Å². The first kappa shape index (κ1) is 21.8. The minimum Gasteiger partial charge on any atom is -0.467 e. The van der Waals surface area contributed by atoms with E-state index >= 15 is 0 Å². The van der Waals surface area contributed by atoms with Crippen molar-refractivity contribution in [3.63, 3.8) is 0 Å². The molecule has 1 amide bonds. The zero-order valence-electron chi connectivity index (χ0n) is 16.5. The lowest BCUT2D eigenvalue weighted by Gasteiger charge is -2.17. The van der Waals surface area contributed by atoms with Gasteiger partial charge in [0.05, 0.1) is 23.6 Å². The number of amides is 1. The molecule has 0 saturated heterocycles. The van der Waals surface area contributed by atoms with Crippen LogP contribution in [-0.4, -0.2) is 29.5 Å². The number of benzene rings is 1. The Kier molecular flexibility index (Phi) is 7.45. The highest BCUT2D eigenvalue weighted by molar-refractivity contribution is 8.00. The van der Waals surface area contributed by atoms with E-state index in [9.17, 15) is 14.4 Å². The van der Waals surface area contributed by atoms with Crippen LogP contribution in [0.5, 0.6) is 0 Å². The number of thioether (sulfide) groups is 1. The van der Waals surface area contributed by atoms with Gasteiger partial charge >= 0.3 is 5.97 Å². The molecule has 0 spiro atoms. The van der Waals surface area contributed by atoms with Crippen molar-refractivity contribution in [3.8, 4) is 0 Å². The molecule has 0 aliphatic carbocycles. The molecule has 1 aromatic carbocycles. The molecule has 1 N–H and O–H groups in total. The van der Waals surface area contributed by atoms with Crippen LogP contribution in [0.1, 0.15) is 43.8 Å². The number of furan rings is 1. The van der Waals surface area contributed by atoms with E-state index in [0.29, 0.717) is 22.8 Å². The van der Waals surface area contributed by atoms with E-state index in [0.717, 1.165) is 0 Å². The molecule has 0 bridgehead atoms. The fraction of sp³-hybridized carbons (Fsp3) is 0.381. The summed E-state index contributed by atoms with van der Waals surface area (Å²) < 4.78 is 10.4. The van der Waals surface area contributed by atoms with Crippen molar-refractivity contribution in [2.75, 3.05) is 6.61 Å². The minimum atomic E-state index is -0.580. The molecular weight excluding hydrogens is 378 g/mol. The molecule has 150 valence electrons. The SMILES string of the molecule is C[C@@H](Sc1ccccc1C(=O)OCC(=O)C(C)(C)C)C(=O)NCc1ccco1. The molecule has 1 heterocycles. The molecule has 2 aromatic rings. The van der Waals surface area contributed by atoms with Crippen LogP contribution in [0.15, 0.2) is 52.0 Å². The third-order valence-electron chi connectivity index (χ3n) is 3.97. The molecule has 7 heteroatoms. The average molecular weight is 404 g/mol. The van der Waals surface area contributed by atoms with Crippen LogP contribution in [0, 0.1) is 5.41 Å². The molecule has 6 nitrogen and oxygen atoms in total. The average Bonchev–Trinajstić information content (AvgIpc) is 3.17. The van der Waals surface area contributed by atoms with Crippen LogP contribution in [0.25, 0.3) is 0 Å². The normalized spacial score (nSPS) is 12.3. The van der Waals surface area contributed by atoms with Crippen molar-refractivity contribution in [3.05, 3.63) is 54.0 Å². The van der Waals surface area contributed by atoms with Gasteiger partial charge in [-0.15, -0.1) is 11.8 Å². The van der Waals surface area contributed by atoms with Gasteiger partial charge in [-0.1, -0.05) is 32.9 Å². The van der Waals surface area contributed by atoms with Crippen LogP contribution in [-0.2, 0) is 20.9 Å². The van der Waals surface area contributed by atoms with Gasteiger partial charge in [0.2, 0.25) is 5.91 Å². The monoisotopic (exact) mass is 403 g/mol. The zero-order valence-corrected chi connectivity index (χ0v) is 17.3. The van der Waals surface area contributed by atoms with E-state index in [4.69, 9.17) is 9.15 Å². The summed E-state index contributed by atoms with van der Waals surface area (Å²) in [5, 5.41) is 2.37. The van der Waals surface area contributed by atoms with Crippen LogP contribution in [0.4, 0.5) is 0 Å². The third kappa shape index (κ3) is 6.27. The van der Waals surface area contributed by atoms with E-state index in [-0.39, 0.29) is 18.3 Å². The van der Waals surface area contributed by atoms with Gasteiger partial charge in [-0.05, 0) is 31.2 Å². The molecule has 0 saturated carbocycles. The Morgan fingerprint density at radius 1 is 1.14 bits per heavy atom. The van der Waals surface area contributed by atoms with Crippen LogP contribution in [0.2, 0.25) is 0 Å². The Labute approximate surface area is 169 Å². The lowest BCUT2D eigenvalue weighted by atomic mass is 9.91. The van der Waals surface area contributed by atoms with Gasteiger partial charge in [0, 0.05) is 10.3 Å². The van der Waals surface area contributed by atoms with Gasteiger partial charge < -0.3 is 14.5 Å². The smallest absolute Gasteiger partial charge is 0.339 e. The summed E-state index contributed by atoms with van der Waals surface area (Å²) in [5.74, 6) is -0.244. The third-order valence-corrected chi connectivity index (χ3v) is 5.15. The van der Waals surface area contributed by atoms with Gasteiger partial charge in [-0.2, -0.15) is 0 Å². The van der Waals surface area contributed by atoms with Crippen molar-refractivity contribution < 1.29 is 23.5 Å². The summed E-state index contributed by atoms with van der Waals surface area (Å²) in [7, 11) is 0. The summed E-state index contributed by atoms with van der Waals surface area (Å²) in [4.78, 5) is 37.3. The second kappa shape index (κ2) is 9.59. The molecule has 0 radical (unpaired) electrons. The van der Waals surface area contributed by atoms with Crippen molar-refractivity contribution in [2.45, 2.75) is 44.4 Å². The Bertz CT molecular complexity index is 824. The second-order valence-corrected chi connectivity index (χ2v) is 8.69. The number of ether oxygens (including phenoxy) is 1. The van der Waals surface area contributed by atoms with Crippen LogP contribution >= 0.6 is 11.8 Å². The van der Waals surface area contributed by atoms with Crippen LogP contribution in [0.3, 0.4) is 0 Å². The largest absolute Gasteiger partial charge is 0.467 e. The predicted molar refractivity (Wildman–Crippen MR) is 107 cm³/mol. The van der Waals surface area contributed by atoms with E-state index in [2.05, 4.69) is 5.32 Å². The Morgan fingerprint density at radius 3 is 2.50 bits per heavy atom. The highest BCUT2D eigenvalue weighted by Gasteiger charge is 2.24. The molecule has 0 fully saturated rings. The Hall–Kier alpha value is -2.54. The number of rotatable bonds is 8. The topological polar surface area (TPSA) is 85.6 Å². The molecule has 0 unspecified atom stereocenters. The highest BCUT2D eigenvalue weighted by atomic mass is 32.2. The number of hydrogen-bond donors (Lipinski definition) is 1. The number of ketones is 1. The van der Waals surface area contributed by atoms with Crippen molar-refractivity contribution in [2.24, 2.45) is 5.41 Å². The maximum Gasteiger partial charge on any atom is 0.339 e. The van der Waals surface area contributed by atoms with Crippen molar-refractivity contribution in [1.29, 1.82) is 0 Å². The number of hydrogen-bond acceptors (Lipinski definition) is 6. The summed E-state index contributed by atoms with van der Waals surface area (Å²) in [6.07, 6.45) is 1.55. The first-order chi connectivity index (χ1) is 13.2. The Balaban J connectivity index is 1.97. The summed E-state index contributed by atoms with van der Waals surface area (Å²) >= 11 is 1.26. The van der Waals surface area contributed by atoms with Gasteiger partial charge in [-0.3, -0.25) is 9.59 Å². The fourth-order valence-corrected chi connectivity index (χ4v) is 3.15. The molecular formula is C21H25NO5S. The number of nitrogens with one attached hydrogen (secondary N) is 1. The standard InChI is InChI=1S/C21H25NO5S/c1-14(19(24)22-12-15-8-7-11-26-15)28-17-10-6-5-9-16(17)20(25)27-13-18(23)21(2,3)4/h5-11,14H,12-13H2,1-4H3,(H,22,24)/t14-/m1/s1. The van der Waals surface area contributed by atoms with Gasteiger partial charge in [-0.25, -0.2) is 4.79 Å². The minimum absolute atomic E-state index is 0.156. The van der Waals surface area contributed by atoms with Crippen molar-refractivity contribution in [1.82, 2.24) is 5.32 Å². The number of carbonyl (C=O) groups excluding carboxylic acids is 3. The summed E-state index contributed by atoms with van der Waals surface area (Å²) in [5.41, 5.74) is -0.241. The van der Waals surface area contributed by atoms with Gasteiger partial charge in [0.15, 0.2) is 12.4 Å². The molecule has 0 aliphatic rings. The highest BCUT2D eigenvalue weighted by Crippen LogP contribution is 2.28. The first-order valence-corrected chi connectivity index (χ1v) is 9.82. The quantitative estimate of drug-likeness (QED) is 0.532.